The zero-order chi connectivity index (χ0) is 28.3. The van der Waals surface area contributed by atoms with E-state index in [0.29, 0.717) is 66.3 Å². The van der Waals surface area contributed by atoms with Gasteiger partial charge in [0.2, 0.25) is 11.8 Å². The molecule has 0 atom stereocenters. The molecule has 0 aliphatic rings. The summed E-state index contributed by atoms with van der Waals surface area (Å²) in [4.78, 5) is 27.4. The average molecular weight is 548 g/mol. The van der Waals surface area contributed by atoms with Crippen molar-refractivity contribution in [2.75, 3.05) is 65.0 Å². The number of aromatic nitrogens is 3. The second kappa shape index (κ2) is 14.1. The maximum Gasteiger partial charge on any atom is 0.230 e. The number of rotatable bonds is 14. The fraction of sp³-hybridized carbons (Fsp3) is 0.310. The summed E-state index contributed by atoms with van der Waals surface area (Å²) in [7, 11) is 7.08. The van der Waals surface area contributed by atoms with Crippen LogP contribution in [0.5, 0.6) is 23.1 Å². The highest BCUT2D eigenvalue weighted by molar-refractivity contribution is 5.91. The van der Waals surface area contributed by atoms with Crippen LogP contribution in [0.15, 0.2) is 61.1 Å². The molecule has 0 aliphatic carbocycles. The quantitative estimate of drug-likeness (QED) is 0.231. The maximum atomic E-state index is 12.6. The summed E-state index contributed by atoms with van der Waals surface area (Å²) in [5, 5.41) is 3.50. The van der Waals surface area contributed by atoms with Gasteiger partial charge in [-0.05, 0) is 29.8 Å². The zero-order valence-electron chi connectivity index (χ0n) is 23.0. The molecule has 40 heavy (non-hydrogen) atoms. The number of carbonyl (C=O) groups is 1. The zero-order valence-corrected chi connectivity index (χ0v) is 23.0. The van der Waals surface area contributed by atoms with Crippen molar-refractivity contribution in [1.82, 2.24) is 15.0 Å². The van der Waals surface area contributed by atoms with Crippen molar-refractivity contribution in [2.45, 2.75) is 6.42 Å². The molecule has 0 saturated heterocycles. The summed E-state index contributed by atoms with van der Waals surface area (Å²) in [5.74, 6) is 2.33. The van der Waals surface area contributed by atoms with Crippen molar-refractivity contribution >= 4 is 28.3 Å². The molecule has 1 N–H and O–H groups in total. The number of nitrogens with zero attached hydrogens (tertiary/aromatic N) is 4. The van der Waals surface area contributed by atoms with Crippen molar-refractivity contribution in [3.63, 3.8) is 0 Å². The number of hydrogen-bond acceptors (Lipinski definition) is 10. The number of benzene rings is 2. The summed E-state index contributed by atoms with van der Waals surface area (Å²) in [6.07, 6.45) is 3.29. The lowest BCUT2D eigenvalue weighted by atomic mass is 10.1. The Morgan fingerprint density at radius 1 is 0.850 bits per heavy atom. The topological polar surface area (TPSA) is 117 Å². The van der Waals surface area contributed by atoms with E-state index in [2.05, 4.69) is 20.3 Å². The molecule has 2 aromatic carbocycles. The van der Waals surface area contributed by atoms with Crippen LogP contribution in [0.25, 0.3) is 10.9 Å². The van der Waals surface area contributed by atoms with Crippen molar-refractivity contribution in [2.24, 2.45) is 0 Å². The number of anilines is 2. The minimum Gasteiger partial charge on any atom is -0.487 e. The number of ether oxygens (including phenoxy) is 5. The lowest BCUT2D eigenvalue weighted by Crippen LogP contribution is -2.16. The van der Waals surface area contributed by atoms with E-state index in [1.54, 1.807) is 44.7 Å². The van der Waals surface area contributed by atoms with E-state index >= 15 is 0 Å². The molecular formula is C29H33N5O6. The van der Waals surface area contributed by atoms with Crippen LogP contribution in [0.2, 0.25) is 0 Å². The van der Waals surface area contributed by atoms with Gasteiger partial charge in [-0.2, -0.15) is 0 Å². The predicted molar refractivity (Wildman–Crippen MR) is 152 cm³/mol. The molecule has 0 aliphatic heterocycles. The summed E-state index contributed by atoms with van der Waals surface area (Å²) >= 11 is 0. The minimum atomic E-state index is -0.164. The molecule has 0 saturated carbocycles. The van der Waals surface area contributed by atoms with Crippen LogP contribution in [-0.4, -0.2) is 75.6 Å². The number of amides is 1. The molecule has 2 heterocycles. The Balaban J connectivity index is 1.46. The number of nitrogens with one attached hydrogen (secondary N) is 1. The Hall–Kier alpha value is -4.48. The molecule has 11 heteroatoms. The summed E-state index contributed by atoms with van der Waals surface area (Å²) in [6.45, 7) is 1.57. The molecular weight excluding hydrogens is 514 g/mol. The van der Waals surface area contributed by atoms with Gasteiger partial charge >= 0.3 is 0 Å². The van der Waals surface area contributed by atoms with E-state index in [0.717, 1.165) is 11.3 Å². The van der Waals surface area contributed by atoms with Crippen molar-refractivity contribution in [3.8, 4) is 23.1 Å². The van der Waals surface area contributed by atoms with Crippen LogP contribution in [-0.2, 0) is 20.7 Å². The fourth-order valence-corrected chi connectivity index (χ4v) is 3.74. The van der Waals surface area contributed by atoms with Crippen molar-refractivity contribution in [3.05, 3.63) is 66.6 Å². The number of pyridine rings is 1. The molecule has 210 valence electrons. The molecule has 0 radical (unpaired) electrons. The molecule has 0 unspecified atom stereocenters. The van der Waals surface area contributed by atoms with Gasteiger partial charge in [-0.1, -0.05) is 12.1 Å². The van der Waals surface area contributed by atoms with Gasteiger partial charge < -0.3 is 33.9 Å². The first-order chi connectivity index (χ1) is 19.5. The van der Waals surface area contributed by atoms with E-state index in [9.17, 15) is 4.79 Å². The number of methoxy groups -OCH3 is 2. The highest BCUT2D eigenvalue weighted by Crippen LogP contribution is 2.36. The third-order valence-electron chi connectivity index (χ3n) is 5.78. The first-order valence-electron chi connectivity index (χ1n) is 12.7. The number of carbonyl (C=O) groups excluding carboxylic acids is 1. The largest absolute Gasteiger partial charge is 0.487 e. The van der Waals surface area contributed by atoms with E-state index in [1.165, 1.54) is 6.33 Å². The van der Waals surface area contributed by atoms with E-state index < -0.39 is 0 Å². The van der Waals surface area contributed by atoms with Gasteiger partial charge in [-0.15, -0.1) is 0 Å². The standard InChI is InChI=1S/C29H33N5O6/c1-34(2)21-9-10-30-27(16-21)33-28(35)15-20-5-7-22(8-6-20)40-29-23-17-25(38-13-11-36-3)26(39-14-12-37-4)18-24(23)31-19-32-29/h5-10,16-19H,11-15H2,1-4H3,(H,30,33,35). The Morgan fingerprint density at radius 2 is 1.55 bits per heavy atom. The highest BCUT2D eigenvalue weighted by Gasteiger charge is 2.14. The first kappa shape index (κ1) is 28.5. The average Bonchev–Trinajstić information content (AvgIpc) is 2.95. The van der Waals surface area contributed by atoms with E-state index in [-0.39, 0.29) is 12.3 Å². The molecule has 4 aromatic rings. The monoisotopic (exact) mass is 547 g/mol. The lowest BCUT2D eigenvalue weighted by Gasteiger charge is -2.15. The van der Waals surface area contributed by atoms with E-state index in [1.807, 2.05) is 43.3 Å². The van der Waals surface area contributed by atoms with Crippen LogP contribution >= 0.6 is 0 Å². The second-order valence-corrected chi connectivity index (χ2v) is 8.94. The third kappa shape index (κ3) is 7.78. The van der Waals surface area contributed by atoms with Gasteiger partial charge in [0.05, 0.1) is 30.5 Å². The molecule has 0 fully saturated rings. The molecule has 11 nitrogen and oxygen atoms in total. The lowest BCUT2D eigenvalue weighted by molar-refractivity contribution is -0.115. The van der Waals surface area contributed by atoms with Gasteiger partial charge in [-0.25, -0.2) is 15.0 Å². The van der Waals surface area contributed by atoms with Crippen molar-refractivity contribution < 1.29 is 28.5 Å². The normalized spacial score (nSPS) is 10.8. The molecule has 0 spiro atoms. The van der Waals surface area contributed by atoms with Gasteiger partial charge in [0.1, 0.15) is 31.1 Å². The molecule has 1 amide bonds. The van der Waals surface area contributed by atoms with Gasteiger partial charge in [-0.3, -0.25) is 4.79 Å². The van der Waals surface area contributed by atoms with Gasteiger partial charge in [0.15, 0.2) is 11.5 Å². The molecule has 4 rings (SSSR count). The maximum absolute atomic E-state index is 12.6. The van der Waals surface area contributed by atoms with Crippen LogP contribution in [0.1, 0.15) is 5.56 Å². The predicted octanol–water partition coefficient (Wildman–Crippen LogP) is 4.11. The summed E-state index contributed by atoms with van der Waals surface area (Å²) < 4.78 is 28.0. The SMILES string of the molecule is COCCOc1cc2ncnc(Oc3ccc(CC(=O)Nc4cc(N(C)C)ccn4)cc3)c2cc1OCCOC. The summed E-state index contributed by atoms with van der Waals surface area (Å²) in [6, 6.07) is 14.5. The molecule has 2 aromatic heterocycles. The molecule has 0 bridgehead atoms. The van der Waals surface area contributed by atoms with Gasteiger partial charge in [0, 0.05) is 52.3 Å². The van der Waals surface area contributed by atoms with E-state index in [4.69, 9.17) is 23.7 Å². The third-order valence-corrected chi connectivity index (χ3v) is 5.78. The minimum absolute atomic E-state index is 0.164. The highest BCUT2D eigenvalue weighted by atomic mass is 16.5. The van der Waals surface area contributed by atoms with Gasteiger partial charge in [0.25, 0.3) is 0 Å². The Labute approximate surface area is 233 Å². The first-order valence-corrected chi connectivity index (χ1v) is 12.7. The fourth-order valence-electron chi connectivity index (χ4n) is 3.74. The smallest absolute Gasteiger partial charge is 0.230 e. The summed E-state index contributed by atoms with van der Waals surface area (Å²) in [5.41, 5.74) is 2.41. The van der Waals surface area contributed by atoms with Crippen LogP contribution in [0.4, 0.5) is 11.5 Å². The van der Waals surface area contributed by atoms with Crippen LogP contribution in [0, 0.1) is 0 Å². The van der Waals surface area contributed by atoms with Crippen LogP contribution in [0.3, 0.4) is 0 Å². The second-order valence-electron chi connectivity index (χ2n) is 8.94. The number of fused-ring (bicyclic) bond motifs is 1. The van der Waals surface area contributed by atoms with Crippen LogP contribution < -0.4 is 24.4 Å². The Bertz CT molecular complexity index is 1410. The Morgan fingerprint density at radius 3 is 2.23 bits per heavy atom. The Kier molecular flexibility index (Phi) is 10.0. The van der Waals surface area contributed by atoms with Crippen molar-refractivity contribution in [1.29, 1.82) is 0 Å². The number of hydrogen-bond donors (Lipinski definition) is 1.